The van der Waals surface area contributed by atoms with E-state index in [-0.39, 0.29) is 12.6 Å². The molecular weight excluding hydrogens is 328 g/mol. The molecule has 0 aromatic carbocycles. The molecule has 0 spiro atoms. The van der Waals surface area contributed by atoms with Gasteiger partial charge >= 0.3 is 5.97 Å². The van der Waals surface area contributed by atoms with Crippen LogP contribution in [0.5, 0.6) is 0 Å². The summed E-state index contributed by atoms with van der Waals surface area (Å²) < 4.78 is 4.88. The third-order valence-corrected chi connectivity index (χ3v) is 4.86. The van der Waals surface area contributed by atoms with Crippen molar-refractivity contribution in [2.45, 2.75) is 129 Å². The second-order valence-corrected chi connectivity index (χ2v) is 7.51. The number of rotatable bonds is 20. The minimum Gasteiger partial charge on any atom is -0.436 e. The zero-order chi connectivity index (χ0) is 19.3. The Bertz CT molecular complexity index is 294. The molecule has 0 fully saturated rings. The van der Waals surface area contributed by atoms with Gasteiger partial charge in [0.25, 0.3) is 0 Å². The van der Waals surface area contributed by atoms with Crippen molar-refractivity contribution in [1.29, 1.82) is 0 Å². The summed E-state index contributed by atoms with van der Waals surface area (Å²) in [6.07, 6.45) is 19.6. The van der Waals surface area contributed by atoms with Crippen LogP contribution in [0.3, 0.4) is 0 Å². The summed E-state index contributed by atoms with van der Waals surface area (Å²) in [6.45, 7) is 2.27. The summed E-state index contributed by atoms with van der Waals surface area (Å²) in [5, 5.41) is 18.1. The Morgan fingerprint density at radius 3 is 1.58 bits per heavy atom. The Labute approximate surface area is 161 Å². The van der Waals surface area contributed by atoms with Crippen molar-refractivity contribution in [3.8, 4) is 0 Å². The third-order valence-electron chi connectivity index (χ3n) is 4.86. The molecule has 0 radical (unpaired) electrons. The number of ether oxygens (including phenoxy) is 1. The van der Waals surface area contributed by atoms with Crippen LogP contribution in [0.2, 0.25) is 0 Å². The Hall–Kier alpha value is -0.610. The second kappa shape index (κ2) is 20.7. The monoisotopic (exact) mass is 372 g/mol. The van der Waals surface area contributed by atoms with Gasteiger partial charge in [0.15, 0.2) is 0 Å². The van der Waals surface area contributed by atoms with Crippen LogP contribution in [0.4, 0.5) is 0 Å². The van der Waals surface area contributed by atoms with Crippen molar-refractivity contribution in [3.63, 3.8) is 0 Å². The number of aliphatic hydroxyl groups is 2. The van der Waals surface area contributed by atoms with Crippen molar-refractivity contribution in [2.24, 2.45) is 0 Å². The number of esters is 1. The molecule has 0 aromatic heterocycles. The van der Waals surface area contributed by atoms with Gasteiger partial charge in [0.2, 0.25) is 6.29 Å². The van der Waals surface area contributed by atoms with Crippen molar-refractivity contribution in [3.05, 3.63) is 0 Å². The topological polar surface area (TPSA) is 66.8 Å². The molecule has 0 amide bonds. The van der Waals surface area contributed by atoms with E-state index in [4.69, 9.17) is 9.84 Å². The minimum absolute atomic E-state index is 0.00760. The molecule has 0 aromatic rings. The molecule has 0 rings (SSSR count). The van der Waals surface area contributed by atoms with Gasteiger partial charge in [0, 0.05) is 19.4 Å². The standard InChI is InChI=1S/C22H44O4/c1-2-3-4-5-6-7-8-9-10-11-12-13-14-15-16-18-21(24)26-22(25)19-17-20-23/h22-23,25H,2-20H2,1H3. The van der Waals surface area contributed by atoms with E-state index in [1.165, 1.54) is 83.5 Å². The molecule has 0 saturated carbocycles. The highest BCUT2D eigenvalue weighted by Crippen LogP contribution is 2.14. The maximum atomic E-state index is 11.5. The van der Waals surface area contributed by atoms with Crippen molar-refractivity contribution < 1.29 is 19.7 Å². The average molecular weight is 373 g/mol. The van der Waals surface area contributed by atoms with Gasteiger partial charge in [-0.05, 0) is 12.8 Å². The smallest absolute Gasteiger partial charge is 0.308 e. The summed E-state index contributed by atoms with van der Waals surface area (Å²) in [5.41, 5.74) is 0. The van der Waals surface area contributed by atoms with E-state index in [1.54, 1.807) is 0 Å². The second-order valence-electron chi connectivity index (χ2n) is 7.51. The van der Waals surface area contributed by atoms with Gasteiger partial charge in [-0.15, -0.1) is 0 Å². The SMILES string of the molecule is CCCCCCCCCCCCCCCCCC(=O)OC(O)CCCO. The van der Waals surface area contributed by atoms with Crippen LogP contribution in [-0.2, 0) is 9.53 Å². The predicted molar refractivity (Wildman–Crippen MR) is 108 cm³/mol. The Balaban J connectivity index is 3.18. The first-order chi connectivity index (χ1) is 12.7. The number of unbranched alkanes of at least 4 members (excludes halogenated alkanes) is 14. The van der Waals surface area contributed by atoms with Gasteiger partial charge in [0.1, 0.15) is 0 Å². The molecule has 0 aliphatic carbocycles. The van der Waals surface area contributed by atoms with E-state index < -0.39 is 6.29 Å². The molecule has 0 heterocycles. The fourth-order valence-corrected chi connectivity index (χ4v) is 3.18. The van der Waals surface area contributed by atoms with Crippen molar-refractivity contribution in [2.75, 3.05) is 6.61 Å². The maximum absolute atomic E-state index is 11.5. The van der Waals surface area contributed by atoms with Gasteiger partial charge in [-0.25, -0.2) is 0 Å². The van der Waals surface area contributed by atoms with Gasteiger partial charge in [-0.2, -0.15) is 0 Å². The third kappa shape index (κ3) is 19.7. The van der Waals surface area contributed by atoms with Crippen LogP contribution in [0.25, 0.3) is 0 Å². The van der Waals surface area contributed by atoms with Crippen LogP contribution in [-0.4, -0.2) is 29.1 Å². The predicted octanol–water partition coefficient (Wildman–Crippen LogP) is 5.88. The van der Waals surface area contributed by atoms with Crippen LogP contribution in [0.15, 0.2) is 0 Å². The lowest BCUT2D eigenvalue weighted by molar-refractivity contribution is -0.169. The fourth-order valence-electron chi connectivity index (χ4n) is 3.18. The zero-order valence-corrected chi connectivity index (χ0v) is 17.2. The molecule has 0 aliphatic rings. The summed E-state index contributed by atoms with van der Waals surface area (Å²) >= 11 is 0. The van der Waals surface area contributed by atoms with Gasteiger partial charge in [0.05, 0.1) is 0 Å². The largest absolute Gasteiger partial charge is 0.436 e. The highest BCUT2D eigenvalue weighted by molar-refractivity contribution is 5.69. The van der Waals surface area contributed by atoms with E-state index in [2.05, 4.69) is 6.92 Å². The van der Waals surface area contributed by atoms with Gasteiger partial charge < -0.3 is 14.9 Å². The normalized spacial score (nSPS) is 12.3. The lowest BCUT2D eigenvalue weighted by Crippen LogP contribution is -2.17. The van der Waals surface area contributed by atoms with E-state index in [0.717, 1.165) is 12.8 Å². The fraction of sp³-hybridized carbons (Fsp3) is 0.955. The molecule has 1 atom stereocenters. The lowest BCUT2D eigenvalue weighted by atomic mass is 10.0. The quantitative estimate of drug-likeness (QED) is 0.159. The number of hydrogen-bond acceptors (Lipinski definition) is 4. The Kier molecular flexibility index (Phi) is 20.2. The molecule has 156 valence electrons. The van der Waals surface area contributed by atoms with Gasteiger partial charge in [-0.1, -0.05) is 96.8 Å². The number of carbonyl (C=O) groups excluding carboxylic acids is 1. The highest BCUT2D eigenvalue weighted by Gasteiger charge is 2.10. The molecule has 1 unspecified atom stereocenters. The Morgan fingerprint density at radius 2 is 1.15 bits per heavy atom. The summed E-state index contributed by atoms with van der Waals surface area (Å²) in [7, 11) is 0. The van der Waals surface area contributed by atoms with Gasteiger partial charge in [-0.3, -0.25) is 4.79 Å². The highest BCUT2D eigenvalue weighted by atomic mass is 16.6. The lowest BCUT2D eigenvalue weighted by Gasteiger charge is -2.11. The van der Waals surface area contributed by atoms with E-state index >= 15 is 0 Å². The molecule has 4 nitrogen and oxygen atoms in total. The summed E-state index contributed by atoms with van der Waals surface area (Å²) in [5.74, 6) is -0.329. The Morgan fingerprint density at radius 1 is 0.731 bits per heavy atom. The molecule has 0 saturated heterocycles. The molecule has 2 N–H and O–H groups in total. The number of hydrogen-bond donors (Lipinski definition) is 2. The molecular formula is C22H44O4. The van der Waals surface area contributed by atoms with Crippen molar-refractivity contribution >= 4 is 5.97 Å². The van der Waals surface area contributed by atoms with Crippen molar-refractivity contribution in [1.82, 2.24) is 0 Å². The minimum atomic E-state index is -1.06. The number of carbonyl (C=O) groups is 1. The molecule has 0 aliphatic heterocycles. The first-order valence-corrected chi connectivity index (χ1v) is 11.2. The molecule has 4 heteroatoms. The number of aliphatic hydroxyl groups excluding tert-OH is 2. The molecule has 0 bridgehead atoms. The van der Waals surface area contributed by atoms with Crippen LogP contribution in [0.1, 0.15) is 122 Å². The zero-order valence-electron chi connectivity index (χ0n) is 17.2. The van der Waals surface area contributed by atoms with Crippen LogP contribution in [0, 0.1) is 0 Å². The first-order valence-electron chi connectivity index (χ1n) is 11.2. The molecule has 26 heavy (non-hydrogen) atoms. The van der Waals surface area contributed by atoms with Crippen LogP contribution < -0.4 is 0 Å². The first kappa shape index (κ1) is 25.4. The van der Waals surface area contributed by atoms with E-state index in [1.807, 2.05) is 0 Å². The summed E-state index contributed by atoms with van der Waals surface area (Å²) in [4.78, 5) is 11.5. The van der Waals surface area contributed by atoms with E-state index in [0.29, 0.717) is 19.3 Å². The average Bonchev–Trinajstić information content (AvgIpc) is 2.63. The van der Waals surface area contributed by atoms with Crippen LogP contribution >= 0.6 is 0 Å². The summed E-state index contributed by atoms with van der Waals surface area (Å²) in [6, 6.07) is 0. The maximum Gasteiger partial charge on any atom is 0.308 e. The van der Waals surface area contributed by atoms with E-state index in [9.17, 15) is 9.90 Å².